The van der Waals surface area contributed by atoms with E-state index in [4.69, 9.17) is 9.47 Å². The van der Waals surface area contributed by atoms with Gasteiger partial charge in [0.1, 0.15) is 11.8 Å². The number of aryl methyl sites for hydroxylation is 1. The van der Waals surface area contributed by atoms with Crippen LogP contribution in [0.15, 0.2) is 66.7 Å². The average Bonchev–Trinajstić information content (AvgIpc) is 2.89. The molecule has 3 aromatic rings. The smallest absolute Gasteiger partial charge is 0.326 e. The predicted molar refractivity (Wildman–Crippen MR) is 145 cm³/mol. The van der Waals surface area contributed by atoms with Crippen molar-refractivity contribution in [1.82, 2.24) is 5.32 Å². The summed E-state index contributed by atoms with van der Waals surface area (Å²) in [6.07, 6.45) is 3.05. The fourth-order valence-corrected chi connectivity index (χ4v) is 4.35. The number of carboxylic acids is 1. The Morgan fingerprint density at radius 3 is 2.39 bits per heavy atom. The number of hydrogen-bond acceptors (Lipinski definition) is 5. The first kappa shape index (κ1) is 27.3. The van der Waals surface area contributed by atoms with Crippen LogP contribution in [-0.2, 0) is 22.6 Å². The third-order valence-corrected chi connectivity index (χ3v) is 6.58. The van der Waals surface area contributed by atoms with Gasteiger partial charge in [-0.25, -0.2) is 4.79 Å². The molecule has 0 saturated heterocycles. The van der Waals surface area contributed by atoms with Gasteiger partial charge in [0.25, 0.3) is 5.91 Å². The summed E-state index contributed by atoms with van der Waals surface area (Å²) in [6.45, 7) is 2.96. The summed E-state index contributed by atoms with van der Waals surface area (Å²) < 4.78 is 11.1. The molecule has 0 aliphatic heterocycles. The Balaban J connectivity index is 1.76. The number of ether oxygens (including phenoxy) is 2. The zero-order valence-electron chi connectivity index (χ0n) is 21.0. The number of benzene rings is 3. The third-order valence-electron chi connectivity index (χ3n) is 5.94. The van der Waals surface area contributed by atoms with Crippen molar-refractivity contribution >= 4 is 23.6 Å². The second-order valence-corrected chi connectivity index (χ2v) is 9.48. The molecule has 0 spiro atoms. The van der Waals surface area contributed by atoms with E-state index < -0.39 is 17.9 Å². The van der Waals surface area contributed by atoms with Crippen molar-refractivity contribution in [2.24, 2.45) is 0 Å². The van der Waals surface area contributed by atoms with Gasteiger partial charge in [-0.05, 0) is 83.9 Å². The van der Waals surface area contributed by atoms with Crippen LogP contribution in [0.4, 0.5) is 0 Å². The summed E-state index contributed by atoms with van der Waals surface area (Å²) in [5, 5.41) is 12.3. The monoisotopic (exact) mass is 507 g/mol. The predicted octanol–water partition coefficient (Wildman–Crippen LogP) is 5.37. The molecule has 0 aromatic heterocycles. The summed E-state index contributed by atoms with van der Waals surface area (Å²) in [4.78, 5) is 24.9. The van der Waals surface area contributed by atoms with Gasteiger partial charge in [-0.1, -0.05) is 42.5 Å². The highest BCUT2D eigenvalue weighted by molar-refractivity contribution is 7.98. The molecule has 2 N–H and O–H groups in total. The standard InChI is InChI=1S/C29H33NO5S/c1-20-6-4-5-7-24(20)26-18-22(19-35-16-14-21-8-11-23(34-2)12-9-21)10-13-25(26)28(31)30-27(29(32)33)15-17-36-3/h4-13,18,27H,14-17,19H2,1-3H3,(H,30,31)(H,32,33). The number of methoxy groups -OCH3 is 1. The Morgan fingerprint density at radius 2 is 1.72 bits per heavy atom. The molecule has 1 unspecified atom stereocenters. The second-order valence-electron chi connectivity index (χ2n) is 8.49. The second kappa shape index (κ2) is 13.7. The molecule has 0 aliphatic carbocycles. The highest BCUT2D eigenvalue weighted by Crippen LogP contribution is 2.28. The fraction of sp³-hybridized carbons (Fsp3) is 0.310. The minimum atomic E-state index is -1.03. The lowest BCUT2D eigenvalue weighted by molar-refractivity contribution is -0.139. The molecule has 36 heavy (non-hydrogen) atoms. The Kier molecular flexibility index (Phi) is 10.4. The van der Waals surface area contributed by atoms with Gasteiger partial charge in [-0.15, -0.1) is 0 Å². The molecule has 6 nitrogen and oxygen atoms in total. The zero-order chi connectivity index (χ0) is 25.9. The molecule has 3 rings (SSSR count). The van der Waals surface area contributed by atoms with Crippen molar-refractivity contribution in [3.05, 3.63) is 89.0 Å². The van der Waals surface area contributed by atoms with E-state index in [-0.39, 0.29) is 0 Å². The molecule has 0 radical (unpaired) electrons. The number of thioether (sulfide) groups is 1. The topological polar surface area (TPSA) is 84.9 Å². The Bertz CT molecular complexity index is 1160. The van der Waals surface area contributed by atoms with E-state index in [9.17, 15) is 14.7 Å². The van der Waals surface area contributed by atoms with Crippen molar-refractivity contribution in [1.29, 1.82) is 0 Å². The number of carbonyl (C=O) groups is 2. The highest BCUT2D eigenvalue weighted by Gasteiger charge is 2.22. The van der Waals surface area contributed by atoms with Gasteiger partial charge >= 0.3 is 5.97 Å². The van der Waals surface area contributed by atoms with E-state index in [1.54, 1.807) is 24.9 Å². The lowest BCUT2D eigenvalue weighted by Crippen LogP contribution is -2.41. The molecule has 0 heterocycles. The van der Waals surface area contributed by atoms with E-state index in [1.165, 1.54) is 0 Å². The maximum absolute atomic E-state index is 13.2. The van der Waals surface area contributed by atoms with Crippen LogP contribution in [0, 0.1) is 6.92 Å². The first-order valence-electron chi connectivity index (χ1n) is 11.8. The van der Waals surface area contributed by atoms with Crippen LogP contribution in [0.5, 0.6) is 5.75 Å². The van der Waals surface area contributed by atoms with E-state index >= 15 is 0 Å². The van der Waals surface area contributed by atoms with Crippen molar-refractivity contribution < 1.29 is 24.2 Å². The molecule has 1 atom stereocenters. The van der Waals surface area contributed by atoms with Gasteiger partial charge in [0.05, 0.1) is 20.3 Å². The van der Waals surface area contributed by atoms with Crippen molar-refractivity contribution in [2.75, 3.05) is 25.7 Å². The van der Waals surface area contributed by atoms with Crippen molar-refractivity contribution in [2.45, 2.75) is 32.4 Å². The minimum Gasteiger partial charge on any atom is -0.497 e. The molecular weight excluding hydrogens is 474 g/mol. The maximum atomic E-state index is 13.2. The summed E-state index contributed by atoms with van der Waals surface area (Å²) in [5.74, 6) is 0.0474. The van der Waals surface area contributed by atoms with Crippen molar-refractivity contribution in [3.8, 4) is 16.9 Å². The number of aliphatic carboxylic acids is 1. The van der Waals surface area contributed by atoms with Crippen LogP contribution in [0.3, 0.4) is 0 Å². The number of amides is 1. The first-order valence-corrected chi connectivity index (χ1v) is 13.2. The number of carbonyl (C=O) groups excluding carboxylic acids is 1. The third kappa shape index (κ3) is 7.60. The molecule has 7 heteroatoms. The quantitative estimate of drug-likeness (QED) is 0.303. The van der Waals surface area contributed by atoms with Crippen molar-refractivity contribution in [3.63, 3.8) is 0 Å². The summed E-state index contributed by atoms with van der Waals surface area (Å²) in [7, 11) is 1.65. The fourth-order valence-electron chi connectivity index (χ4n) is 3.88. The van der Waals surface area contributed by atoms with Crippen LogP contribution in [0.2, 0.25) is 0 Å². The number of nitrogens with one attached hydrogen (secondary N) is 1. The van der Waals surface area contributed by atoms with E-state index in [0.29, 0.717) is 31.0 Å². The Morgan fingerprint density at radius 1 is 1.00 bits per heavy atom. The number of rotatable bonds is 13. The first-order chi connectivity index (χ1) is 17.4. The molecular formula is C29H33NO5S. The molecule has 0 saturated carbocycles. The minimum absolute atomic E-state index is 0.363. The van der Waals surface area contributed by atoms with Gasteiger partial charge < -0.3 is 19.9 Å². The summed E-state index contributed by atoms with van der Waals surface area (Å²) in [5.41, 5.74) is 5.27. The van der Waals surface area contributed by atoms with Gasteiger partial charge in [0, 0.05) is 5.56 Å². The molecule has 190 valence electrons. The van der Waals surface area contributed by atoms with Gasteiger partial charge in [0.15, 0.2) is 0 Å². The largest absolute Gasteiger partial charge is 0.497 e. The molecule has 0 aliphatic rings. The Labute approximate surface area is 217 Å². The lowest BCUT2D eigenvalue weighted by Gasteiger charge is -2.18. The number of carboxylic acid groups (broad SMARTS) is 1. The van der Waals surface area contributed by atoms with E-state index in [2.05, 4.69) is 5.32 Å². The van der Waals surface area contributed by atoms with Crippen LogP contribution in [0.1, 0.15) is 33.5 Å². The van der Waals surface area contributed by atoms with E-state index in [1.807, 2.05) is 73.8 Å². The highest BCUT2D eigenvalue weighted by atomic mass is 32.2. The molecule has 0 bridgehead atoms. The molecule has 1 amide bonds. The zero-order valence-corrected chi connectivity index (χ0v) is 21.8. The van der Waals surface area contributed by atoms with Crippen LogP contribution >= 0.6 is 11.8 Å². The van der Waals surface area contributed by atoms with Crippen LogP contribution < -0.4 is 10.1 Å². The number of hydrogen-bond donors (Lipinski definition) is 2. The Hall–Kier alpha value is -3.29. The average molecular weight is 508 g/mol. The van der Waals surface area contributed by atoms with Gasteiger partial charge in [-0.2, -0.15) is 11.8 Å². The van der Waals surface area contributed by atoms with Crippen LogP contribution in [0.25, 0.3) is 11.1 Å². The maximum Gasteiger partial charge on any atom is 0.326 e. The lowest BCUT2D eigenvalue weighted by atomic mass is 9.93. The summed E-state index contributed by atoms with van der Waals surface area (Å²) >= 11 is 1.55. The van der Waals surface area contributed by atoms with Crippen LogP contribution in [-0.4, -0.2) is 48.8 Å². The van der Waals surface area contributed by atoms with Gasteiger partial charge in [-0.3, -0.25) is 4.79 Å². The van der Waals surface area contributed by atoms with E-state index in [0.717, 1.165) is 40.0 Å². The summed E-state index contributed by atoms with van der Waals surface area (Å²) in [6, 6.07) is 20.4. The normalized spacial score (nSPS) is 11.6. The van der Waals surface area contributed by atoms with Gasteiger partial charge in [0.2, 0.25) is 0 Å². The SMILES string of the molecule is COc1ccc(CCOCc2ccc(C(=O)NC(CCSC)C(=O)O)c(-c3ccccc3C)c2)cc1. The molecule has 0 fully saturated rings. The molecule has 3 aromatic carbocycles.